The van der Waals surface area contributed by atoms with Crippen molar-refractivity contribution in [3.63, 3.8) is 0 Å². The van der Waals surface area contributed by atoms with Gasteiger partial charge in [-0.05, 0) is 19.3 Å². The Morgan fingerprint density at radius 3 is 2.80 bits per heavy atom. The molecule has 0 radical (unpaired) electrons. The Morgan fingerprint density at radius 2 is 2.20 bits per heavy atom. The summed E-state index contributed by atoms with van der Waals surface area (Å²) in [6.07, 6.45) is 1.14. The van der Waals surface area contributed by atoms with Crippen LogP contribution in [0.25, 0.3) is 0 Å². The number of rotatable bonds is 5. The molecule has 1 aliphatic rings. The van der Waals surface area contributed by atoms with Gasteiger partial charge in [-0.15, -0.1) is 0 Å². The highest BCUT2D eigenvalue weighted by Crippen LogP contribution is 2.12. The topological polar surface area (TPSA) is 24.5 Å². The summed E-state index contributed by atoms with van der Waals surface area (Å²) in [7, 11) is 1.78. The van der Waals surface area contributed by atoms with E-state index in [2.05, 4.69) is 31.0 Å². The standard InChI is InChI=1S/C12H26N2O/c1-10(2)12-9-14(6-5-7-15-4)11(3)8-13-12/h10-13H,5-9H2,1-4H3. The summed E-state index contributed by atoms with van der Waals surface area (Å²) in [6.45, 7) is 11.2. The molecular weight excluding hydrogens is 188 g/mol. The molecule has 0 amide bonds. The summed E-state index contributed by atoms with van der Waals surface area (Å²) in [5, 5.41) is 3.62. The van der Waals surface area contributed by atoms with Crippen LogP contribution in [0.3, 0.4) is 0 Å². The minimum Gasteiger partial charge on any atom is -0.385 e. The molecule has 1 saturated heterocycles. The van der Waals surface area contributed by atoms with Gasteiger partial charge in [-0.3, -0.25) is 4.90 Å². The van der Waals surface area contributed by atoms with E-state index in [-0.39, 0.29) is 0 Å². The van der Waals surface area contributed by atoms with Crippen molar-refractivity contribution in [3.05, 3.63) is 0 Å². The largest absolute Gasteiger partial charge is 0.385 e. The zero-order valence-corrected chi connectivity index (χ0v) is 10.6. The summed E-state index contributed by atoms with van der Waals surface area (Å²) in [5.74, 6) is 0.724. The second kappa shape index (κ2) is 6.46. The van der Waals surface area contributed by atoms with Crippen LogP contribution < -0.4 is 5.32 Å². The van der Waals surface area contributed by atoms with Crippen LogP contribution in [0.4, 0.5) is 0 Å². The fourth-order valence-electron chi connectivity index (χ4n) is 2.12. The summed E-state index contributed by atoms with van der Waals surface area (Å²) in [4.78, 5) is 2.58. The lowest BCUT2D eigenvalue weighted by atomic mass is 10.00. The monoisotopic (exact) mass is 214 g/mol. The molecule has 15 heavy (non-hydrogen) atoms. The Kier molecular flexibility index (Phi) is 5.58. The Hall–Kier alpha value is -0.120. The molecule has 1 fully saturated rings. The molecule has 0 aromatic rings. The predicted octanol–water partition coefficient (Wildman–Crippen LogP) is 1.34. The lowest BCUT2D eigenvalue weighted by Crippen LogP contribution is -2.57. The minimum absolute atomic E-state index is 0.656. The predicted molar refractivity (Wildman–Crippen MR) is 64.2 cm³/mol. The van der Waals surface area contributed by atoms with Gasteiger partial charge in [0.25, 0.3) is 0 Å². The molecule has 0 bridgehead atoms. The van der Waals surface area contributed by atoms with Crippen molar-refractivity contribution in [1.82, 2.24) is 10.2 Å². The molecule has 0 aromatic carbocycles. The van der Waals surface area contributed by atoms with Crippen molar-refractivity contribution in [3.8, 4) is 0 Å². The Balaban J connectivity index is 2.32. The first-order chi connectivity index (χ1) is 7.15. The number of piperazine rings is 1. The number of hydrogen-bond donors (Lipinski definition) is 1. The normalized spacial score (nSPS) is 28.6. The average Bonchev–Trinajstić information content (AvgIpc) is 2.20. The van der Waals surface area contributed by atoms with Gasteiger partial charge in [0.2, 0.25) is 0 Å². The maximum Gasteiger partial charge on any atom is 0.0474 e. The Bertz CT molecular complexity index is 173. The second-order valence-electron chi connectivity index (χ2n) is 4.95. The van der Waals surface area contributed by atoms with E-state index < -0.39 is 0 Å². The third kappa shape index (κ3) is 4.09. The van der Waals surface area contributed by atoms with E-state index in [1.807, 2.05) is 0 Å². The third-order valence-corrected chi connectivity index (χ3v) is 3.33. The van der Waals surface area contributed by atoms with Gasteiger partial charge in [0.1, 0.15) is 0 Å². The summed E-state index contributed by atoms with van der Waals surface area (Å²) >= 11 is 0. The lowest BCUT2D eigenvalue weighted by Gasteiger charge is -2.40. The van der Waals surface area contributed by atoms with E-state index in [4.69, 9.17) is 4.74 Å². The number of ether oxygens (including phenoxy) is 1. The van der Waals surface area contributed by atoms with Gasteiger partial charge >= 0.3 is 0 Å². The third-order valence-electron chi connectivity index (χ3n) is 3.33. The molecule has 3 nitrogen and oxygen atoms in total. The highest BCUT2D eigenvalue weighted by atomic mass is 16.5. The van der Waals surface area contributed by atoms with Crippen molar-refractivity contribution >= 4 is 0 Å². The molecule has 2 unspecified atom stereocenters. The molecule has 1 heterocycles. The summed E-state index contributed by atoms with van der Waals surface area (Å²) < 4.78 is 5.10. The van der Waals surface area contributed by atoms with Crippen LogP contribution in [0.1, 0.15) is 27.2 Å². The van der Waals surface area contributed by atoms with Crippen LogP contribution in [0, 0.1) is 5.92 Å². The molecule has 2 atom stereocenters. The van der Waals surface area contributed by atoms with Crippen molar-refractivity contribution in [2.45, 2.75) is 39.3 Å². The molecule has 1 rings (SSSR count). The van der Waals surface area contributed by atoms with E-state index in [1.54, 1.807) is 7.11 Å². The molecule has 0 saturated carbocycles. The van der Waals surface area contributed by atoms with E-state index in [0.717, 1.165) is 25.5 Å². The highest BCUT2D eigenvalue weighted by molar-refractivity contribution is 4.85. The first-order valence-electron chi connectivity index (χ1n) is 6.11. The molecule has 1 N–H and O–H groups in total. The molecule has 90 valence electrons. The summed E-state index contributed by atoms with van der Waals surface area (Å²) in [5.41, 5.74) is 0. The van der Waals surface area contributed by atoms with Crippen LogP contribution in [0.15, 0.2) is 0 Å². The fourth-order valence-corrected chi connectivity index (χ4v) is 2.12. The second-order valence-corrected chi connectivity index (χ2v) is 4.95. The van der Waals surface area contributed by atoms with Gasteiger partial charge in [0, 0.05) is 45.4 Å². The SMILES string of the molecule is COCCCN1CC(C(C)C)NCC1C. The van der Waals surface area contributed by atoms with Crippen LogP contribution in [-0.2, 0) is 4.74 Å². The van der Waals surface area contributed by atoms with Crippen molar-refractivity contribution < 1.29 is 4.74 Å². The lowest BCUT2D eigenvalue weighted by molar-refractivity contribution is 0.106. The molecule has 0 aromatic heterocycles. The Morgan fingerprint density at radius 1 is 1.47 bits per heavy atom. The van der Waals surface area contributed by atoms with Gasteiger partial charge < -0.3 is 10.1 Å². The average molecular weight is 214 g/mol. The van der Waals surface area contributed by atoms with E-state index in [1.165, 1.54) is 13.1 Å². The zero-order chi connectivity index (χ0) is 11.3. The first-order valence-corrected chi connectivity index (χ1v) is 6.11. The molecular formula is C12H26N2O. The van der Waals surface area contributed by atoms with E-state index in [9.17, 15) is 0 Å². The van der Waals surface area contributed by atoms with Gasteiger partial charge in [-0.25, -0.2) is 0 Å². The van der Waals surface area contributed by atoms with Crippen LogP contribution >= 0.6 is 0 Å². The minimum atomic E-state index is 0.656. The van der Waals surface area contributed by atoms with Crippen molar-refractivity contribution in [2.75, 3.05) is 33.4 Å². The molecule has 3 heteroatoms. The first kappa shape index (κ1) is 12.9. The van der Waals surface area contributed by atoms with Gasteiger partial charge in [0.05, 0.1) is 0 Å². The zero-order valence-electron chi connectivity index (χ0n) is 10.6. The maximum absolute atomic E-state index is 5.10. The van der Waals surface area contributed by atoms with Gasteiger partial charge in [-0.1, -0.05) is 13.8 Å². The van der Waals surface area contributed by atoms with Crippen LogP contribution in [-0.4, -0.2) is 50.3 Å². The Labute approximate surface area is 94.2 Å². The van der Waals surface area contributed by atoms with Crippen LogP contribution in [0.2, 0.25) is 0 Å². The number of nitrogens with one attached hydrogen (secondary N) is 1. The van der Waals surface area contributed by atoms with E-state index >= 15 is 0 Å². The van der Waals surface area contributed by atoms with Gasteiger partial charge in [0.15, 0.2) is 0 Å². The molecule has 0 spiro atoms. The van der Waals surface area contributed by atoms with Crippen LogP contribution in [0.5, 0.6) is 0 Å². The number of hydrogen-bond acceptors (Lipinski definition) is 3. The fraction of sp³-hybridized carbons (Fsp3) is 1.00. The van der Waals surface area contributed by atoms with Gasteiger partial charge in [-0.2, -0.15) is 0 Å². The quantitative estimate of drug-likeness (QED) is 0.699. The molecule has 0 aliphatic carbocycles. The number of methoxy groups -OCH3 is 1. The van der Waals surface area contributed by atoms with Crippen molar-refractivity contribution in [1.29, 1.82) is 0 Å². The van der Waals surface area contributed by atoms with E-state index in [0.29, 0.717) is 12.1 Å². The maximum atomic E-state index is 5.10. The number of nitrogens with zero attached hydrogens (tertiary/aromatic N) is 1. The summed E-state index contributed by atoms with van der Waals surface area (Å²) in [6, 6.07) is 1.32. The van der Waals surface area contributed by atoms with Crippen molar-refractivity contribution in [2.24, 2.45) is 5.92 Å². The smallest absolute Gasteiger partial charge is 0.0474 e. The highest BCUT2D eigenvalue weighted by Gasteiger charge is 2.25. The molecule has 1 aliphatic heterocycles.